The predicted molar refractivity (Wildman–Crippen MR) is 85.5 cm³/mol. The molecule has 1 heterocycles. The summed E-state index contributed by atoms with van der Waals surface area (Å²) in [5.74, 6) is 0.667. The highest BCUT2D eigenvalue weighted by atomic mass is 16.5. The summed E-state index contributed by atoms with van der Waals surface area (Å²) >= 11 is 0. The van der Waals surface area contributed by atoms with E-state index in [0.717, 1.165) is 12.8 Å². The lowest BCUT2D eigenvalue weighted by molar-refractivity contribution is 0.236. The quantitative estimate of drug-likeness (QED) is 0.790. The van der Waals surface area contributed by atoms with Crippen molar-refractivity contribution in [2.45, 2.75) is 18.9 Å². The number of nitrogens with one attached hydrogen (secondary N) is 1. The number of hydrogen-bond donors (Lipinski definition) is 1. The van der Waals surface area contributed by atoms with Gasteiger partial charge in [0.25, 0.3) is 0 Å². The van der Waals surface area contributed by atoms with E-state index < -0.39 is 0 Å². The third-order valence-electron chi connectivity index (χ3n) is 4.28. The number of amides is 1. The van der Waals surface area contributed by atoms with Gasteiger partial charge in [0.05, 0.1) is 13.2 Å². The SMILES string of the molecule is COc1ccc2nnn(C(=O)NC3CCc4ccccc43)c2c1. The molecule has 0 saturated heterocycles. The van der Waals surface area contributed by atoms with Crippen molar-refractivity contribution in [3.63, 3.8) is 0 Å². The van der Waals surface area contributed by atoms with Gasteiger partial charge in [-0.25, -0.2) is 4.79 Å². The van der Waals surface area contributed by atoms with Crippen LogP contribution in [0.4, 0.5) is 4.79 Å². The Morgan fingerprint density at radius 1 is 1.30 bits per heavy atom. The van der Waals surface area contributed by atoms with Crippen molar-refractivity contribution in [3.05, 3.63) is 53.6 Å². The van der Waals surface area contributed by atoms with E-state index in [1.54, 1.807) is 25.3 Å². The second-order valence-electron chi connectivity index (χ2n) is 5.60. The molecule has 0 spiro atoms. The number of hydrogen-bond acceptors (Lipinski definition) is 4. The van der Waals surface area contributed by atoms with Gasteiger partial charge in [0, 0.05) is 6.07 Å². The molecule has 0 aliphatic heterocycles. The normalized spacial score (nSPS) is 16.3. The van der Waals surface area contributed by atoms with Gasteiger partial charge in [-0.3, -0.25) is 0 Å². The number of benzene rings is 2. The molecular weight excluding hydrogens is 292 g/mol. The Labute approximate surface area is 133 Å². The number of fused-ring (bicyclic) bond motifs is 2. The van der Waals surface area contributed by atoms with Crippen LogP contribution in [0.3, 0.4) is 0 Å². The van der Waals surface area contributed by atoms with Gasteiger partial charge in [0.1, 0.15) is 16.8 Å². The van der Waals surface area contributed by atoms with Crippen LogP contribution in [0.1, 0.15) is 23.6 Å². The summed E-state index contributed by atoms with van der Waals surface area (Å²) in [7, 11) is 1.59. The Morgan fingerprint density at radius 2 is 2.17 bits per heavy atom. The van der Waals surface area contributed by atoms with E-state index in [9.17, 15) is 4.79 Å². The van der Waals surface area contributed by atoms with Gasteiger partial charge in [-0.1, -0.05) is 29.5 Å². The van der Waals surface area contributed by atoms with Crippen LogP contribution in [-0.4, -0.2) is 28.1 Å². The number of carbonyl (C=O) groups is 1. The fourth-order valence-electron chi connectivity index (χ4n) is 3.09. The molecule has 2 aromatic carbocycles. The summed E-state index contributed by atoms with van der Waals surface area (Å²) in [4.78, 5) is 12.6. The molecule has 1 N–H and O–H groups in total. The first-order valence-corrected chi connectivity index (χ1v) is 7.54. The fraction of sp³-hybridized carbons (Fsp3) is 0.235. The van der Waals surface area contributed by atoms with E-state index in [1.165, 1.54) is 15.8 Å². The molecule has 1 amide bonds. The first-order chi connectivity index (χ1) is 11.3. The van der Waals surface area contributed by atoms with Crippen molar-refractivity contribution in [1.82, 2.24) is 20.3 Å². The summed E-state index contributed by atoms with van der Waals surface area (Å²) in [6, 6.07) is 13.3. The number of aromatic nitrogens is 3. The first-order valence-electron chi connectivity index (χ1n) is 7.54. The molecule has 6 nitrogen and oxygen atoms in total. The van der Waals surface area contributed by atoms with Crippen molar-refractivity contribution in [1.29, 1.82) is 0 Å². The average molecular weight is 308 g/mol. The number of ether oxygens (including phenoxy) is 1. The minimum atomic E-state index is -0.276. The maximum atomic E-state index is 12.6. The summed E-state index contributed by atoms with van der Waals surface area (Å²) in [5.41, 5.74) is 3.77. The summed E-state index contributed by atoms with van der Waals surface area (Å²) < 4.78 is 6.50. The number of rotatable bonds is 2. The Balaban J connectivity index is 1.63. The van der Waals surface area contributed by atoms with Crippen molar-refractivity contribution in [3.8, 4) is 5.75 Å². The third kappa shape index (κ3) is 2.32. The van der Waals surface area contributed by atoms with Crippen molar-refractivity contribution in [2.24, 2.45) is 0 Å². The molecule has 0 fully saturated rings. The highest BCUT2D eigenvalue weighted by molar-refractivity contribution is 5.88. The Morgan fingerprint density at radius 3 is 3.04 bits per heavy atom. The van der Waals surface area contributed by atoms with E-state index in [4.69, 9.17) is 4.74 Å². The van der Waals surface area contributed by atoms with Crippen LogP contribution in [0.5, 0.6) is 5.75 Å². The fourth-order valence-corrected chi connectivity index (χ4v) is 3.09. The van der Waals surface area contributed by atoms with Gasteiger partial charge in [0.2, 0.25) is 0 Å². The molecule has 1 aliphatic carbocycles. The van der Waals surface area contributed by atoms with Crippen molar-refractivity contribution < 1.29 is 9.53 Å². The van der Waals surface area contributed by atoms with Gasteiger partial charge >= 0.3 is 6.03 Å². The van der Waals surface area contributed by atoms with Crippen LogP contribution in [-0.2, 0) is 6.42 Å². The van der Waals surface area contributed by atoms with Crippen molar-refractivity contribution in [2.75, 3.05) is 7.11 Å². The molecule has 0 saturated carbocycles. The molecular formula is C17H16N4O2. The largest absolute Gasteiger partial charge is 0.497 e. The van der Waals surface area contributed by atoms with Gasteiger partial charge in [-0.05, 0) is 36.1 Å². The zero-order valence-corrected chi connectivity index (χ0v) is 12.7. The van der Waals surface area contributed by atoms with Gasteiger partial charge < -0.3 is 10.1 Å². The second-order valence-corrected chi connectivity index (χ2v) is 5.60. The zero-order valence-electron chi connectivity index (χ0n) is 12.7. The minimum Gasteiger partial charge on any atom is -0.497 e. The van der Waals surface area contributed by atoms with Gasteiger partial charge in [0.15, 0.2) is 0 Å². The maximum absolute atomic E-state index is 12.6. The van der Waals surface area contributed by atoms with E-state index in [1.807, 2.05) is 12.1 Å². The number of nitrogens with zero attached hydrogens (tertiary/aromatic N) is 3. The van der Waals surface area contributed by atoms with Crippen LogP contribution in [0.25, 0.3) is 11.0 Å². The van der Waals surface area contributed by atoms with Gasteiger partial charge in [-0.15, -0.1) is 5.10 Å². The number of carbonyl (C=O) groups excluding carboxylic acids is 1. The summed E-state index contributed by atoms with van der Waals surface area (Å²) in [6.07, 6.45) is 1.88. The van der Waals surface area contributed by atoms with Crippen LogP contribution in [0.2, 0.25) is 0 Å². The van der Waals surface area contributed by atoms with Crippen molar-refractivity contribution >= 4 is 17.1 Å². The molecule has 6 heteroatoms. The molecule has 1 unspecified atom stereocenters. The molecule has 3 aromatic rings. The van der Waals surface area contributed by atoms with Crippen LogP contribution in [0.15, 0.2) is 42.5 Å². The highest BCUT2D eigenvalue weighted by Gasteiger charge is 2.24. The third-order valence-corrected chi connectivity index (χ3v) is 4.28. The number of aryl methyl sites for hydroxylation is 1. The summed E-state index contributed by atoms with van der Waals surface area (Å²) in [6.45, 7) is 0. The zero-order chi connectivity index (χ0) is 15.8. The van der Waals surface area contributed by atoms with Crippen LogP contribution in [0, 0.1) is 0 Å². The van der Waals surface area contributed by atoms with Gasteiger partial charge in [-0.2, -0.15) is 4.68 Å². The molecule has 1 aliphatic rings. The molecule has 1 aromatic heterocycles. The summed E-state index contributed by atoms with van der Waals surface area (Å²) in [5, 5.41) is 11.0. The molecule has 4 rings (SSSR count). The van der Waals surface area contributed by atoms with E-state index in [-0.39, 0.29) is 12.1 Å². The molecule has 0 bridgehead atoms. The average Bonchev–Trinajstić information content (AvgIpc) is 3.18. The first kappa shape index (κ1) is 13.8. The standard InChI is InChI=1S/C17H16N4O2/c1-23-12-7-9-15-16(10-12)21(20-19-15)17(22)18-14-8-6-11-4-2-3-5-13(11)14/h2-5,7,9-10,14H,6,8H2,1H3,(H,18,22). The lowest BCUT2D eigenvalue weighted by Crippen LogP contribution is -2.32. The highest BCUT2D eigenvalue weighted by Crippen LogP contribution is 2.30. The Kier molecular flexibility index (Phi) is 3.22. The number of methoxy groups -OCH3 is 1. The lowest BCUT2D eigenvalue weighted by atomic mass is 10.1. The smallest absolute Gasteiger partial charge is 0.344 e. The molecule has 1 atom stereocenters. The van der Waals surface area contributed by atoms with E-state index in [2.05, 4.69) is 27.8 Å². The Bertz CT molecular complexity index is 887. The molecule has 0 radical (unpaired) electrons. The second kappa shape index (κ2) is 5.39. The maximum Gasteiger partial charge on any atom is 0.344 e. The van der Waals surface area contributed by atoms with Crippen LogP contribution < -0.4 is 10.1 Å². The Hall–Kier alpha value is -2.89. The predicted octanol–water partition coefficient (Wildman–Crippen LogP) is 2.69. The van der Waals surface area contributed by atoms with Crippen LogP contribution >= 0.6 is 0 Å². The molecule has 23 heavy (non-hydrogen) atoms. The van der Waals surface area contributed by atoms with E-state index >= 15 is 0 Å². The minimum absolute atomic E-state index is 0.0172. The van der Waals surface area contributed by atoms with E-state index in [0.29, 0.717) is 16.8 Å². The lowest BCUT2D eigenvalue weighted by Gasteiger charge is -2.13. The topological polar surface area (TPSA) is 69.0 Å². The molecule has 116 valence electrons. The monoisotopic (exact) mass is 308 g/mol.